The first-order valence-corrected chi connectivity index (χ1v) is 13.2. The Hall–Kier alpha value is -3.72. The van der Waals surface area contributed by atoms with Gasteiger partial charge in [0.2, 0.25) is 11.9 Å². The van der Waals surface area contributed by atoms with E-state index in [1.165, 1.54) is 36.0 Å². The van der Waals surface area contributed by atoms with Crippen LogP contribution in [0.5, 0.6) is 0 Å². The van der Waals surface area contributed by atoms with E-state index in [9.17, 15) is 22.8 Å². The third-order valence-corrected chi connectivity index (χ3v) is 5.93. The van der Waals surface area contributed by atoms with Crippen LogP contribution in [-0.4, -0.2) is 55.2 Å². The predicted octanol–water partition coefficient (Wildman–Crippen LogP) is 3.29. The number of sulfonamides is 1. The van der Waals surface area contributed by atoms with E-state index in [1.807, 2.05) is 0 Å². The Morgan fingerprint density at radius 2 is 1.49 bits per heavy atom. The number of hydrogen-bond donors (Lipinski definition) is 4. The van der Waals surface area contributed by atoms with E-state index < -0.39 is 45.9 Å². The Bertz CT molecular complexity index is 1200. The molecular weight excluding hydrogens is 524 g/mol. The van der Waals surface area contributed by atoms with Gasteiger partial charge in [-0.05, 0) is 65.8 Å². The number of amides is 3. The lowest BCUT2D eigenvalue weighted by atomic mass is 10.2. The molecule has 0 unspecified atom stereocenters. The Kier molecular flexibility index (Phi) is 9.58. The van der Waals surface area contributed by atoms with Crippen molar-refractivity contribution in [3.8, 4) is 0 Å². The molecule has 0 bridgehead atoms. The summed E-state index contributed by atoms with van der Waals surface area (Å²) in [7, 11) is -3.82. The van der Waals surface area contributed by atoms with Gasteiger partial charge in [0, 0.05) is 5.69 Å². The number of nitrogens with zero attached hydrogens (tertiary/aromatic N) is 2. The van der Waals surface area contributed by atoms with Crippen molar-refractivity contribution >= 4 is 56.1 Å². The van der Waals surface area contributed by atoms with E-state index in [2.05, 4.69) is 30.6 Å². The third kappa shape index (κ3) is 11.3. The quantitative estimate of drug-likeness (QED) is 0.310. The first-order valence-electron chi connectivity index (χ1n) is 10.9. The molecule has 0 spiro atoms. The second-order valence-electron chi connectivity index (χ2n) is 9.46. The van der Waals surface area contributed by atoms with E-state index in [0.717, 1.165) is 11.3 Å². The number of hydrogen-bond acceptors (Lipinski definition) is 10. The topological polar surface area (TPSA) is 177 Å². The first kappa shape index (κ1) is 29.5. The highest BCUT2D eigenvalue weighted by molar-refractivity contribution is 7.93. The molecule has 0 aliphatic heterocycles. The number of thiazole rings is 1. The number of rotatable bonds is 6. The van der Waals surface area contributed by atoms with Gasteiger partial charge in [-0.1, -0.05) is 0 Å². The molecule has 13 nitrogen and oxygen atoms in total. The molecule has 15 heteroatoms. The Balaban J connectivity index is 2.05. The number of guanidine groups is 1. The highest BCUT2D eigenvalue weighted by Crippen LogP contribution is 2.20. The zero-order valence-electron chi connectivity index (χ0n) is 21.2. The summed E-state index contributed by atoms with van der Waals surface area (Å²) in [6.45, 7) is 9.45. The lowest BCUT2D eigenvalue weighted by Gasteiger charge is -2.22. The lowest BCUT2D eigenvalue weighted by Crippen LogP contribution is -2.47. The molecule has 1 heterocycles. The summed E-state index contributed by atoms with van der Waals surface area (Å²) in [5, 5.41) is 7.46. The van der Waals surface area contributed by atoms with Crippen molar-refractivity contribution in [2.45, 2.75) is 57.6 Å². The summed E-state index contributed by atoms with van der Waals surface area (Å²) < 4.78 is 37.6. The van der Waals surface area contributed by atoms with Crippen molar-refractivity contribution in [3.05, 3.63) is 36.0 Å². The van der Waals surface area contributed by atoms with Gasteiger partial charge >= 0.3 is 12.2 Å². The third-order valence-electron chi connectivity index (χ3n) is 3.74. The zero-order valence-corrected chi connectivity index (χ0v) is 22.9. The number of aromatic nitrogens is 1. The molecule has 0 atom stereocenters. The number of carbonyl (C=O) groups excluding carboxylic acids is 3. The molecule has 0 aliphatic carbocycles. The normalized spacial score (nSPS) is 11.6. The summed E-state index contributed by atoms with van der Waals surface area (Å²) in [5.41, 5.74) is 0.178. The number of alkyl carbamates (subject to hydrolysis) is 2. The molecule has 1 aromatic carbocycles. The maximum atomic E-state index is 12.4. The number of anilines is 2. The van der Waals surface area contributed by atoms with Crippen molar-refractivity contribution in [2.24, 2.45) is 4.99 Å². The van der Waals surface area contributed by atoms with Gasteiger partial charge in [0.15, 0.2) is 0 Å². The monoisotopic (exact) mass is 554 g/mol. The maximum Gasteiger partial charge on any atom is 0.414 e. The summed E-state index contributed by atoms with van der Waals surface area (Å²) in [6, 6.07) is 5.45. The Labute approximate surface area is 219 Å². The van der Waals surface area contributed by atoms with Gasteiger partial charge < -0.3 is 14.8 Å². The summed E-state index contributed by atoms with van der Waals surface area (Å²) in [4.78, 5) is 44.4. The Morgan fingerprint density at radius 3 is 1.95 bits per heavy atom. The second kappa shape index (κ2) is 12.0. The fourth-order valence-electron chi connectivity index (χ4n) is 2.44. The number of nitrogens with one attached hydrogen (secondary N) is 4. The largest absolute Gasteiger partial charge is 0.444 e. The summed E-state index contributed by atoms with van der Waals surface area (Å²) >= 11 is 1.14. The van der Waals surface area contributed by atoms with Gasteiger partial charge in [-0.25, -0.2) is 23.0 Å². The van der Waals surface area contributed by atoms with Gasteiger partial charge in [-0.2, -0.15) is 0 Å². The van der Waals surface area contributed by atoms with Crippen LogP contribution >= 0.6 is 11.3 Å². The second-order valence-corrected chi connectivity index (χ2v) is 12.0. The number of carbonyl (C=O) groups is 3. The lowest BCUT2D eigenvalue weighted by molar-refractivity contribution is -0.114. The molecule has 37 heavy (non-hydrogen) atoms. The van der Waals surface area contributed by atoms with Gasteiger partial charge in [-0.15, -0.1) is 11.3 Å². The first-order chi connectivity index (χ1) is 17.0. The molecule has 0 saturated heterocycles. The fourth-order valence-corrected chi connectivity index (χ4v) is 4.25. The van der Waals surface area contributed by atoms with Crippen LogP contribution in [-0.2, 0) is 24.3 Å². The molecule has 3 amide bonds. The molecule has 0 fully saturated rings. The molecule has 4 N–H and O–H groups in total. The molecule has 0 saturated carbocycles. The van der Waals surface area contributed by atoms with Crippen LogP contribution in [0.4, 0.5) is 20.3 Å². The van der Waals surface area contributed by atoms with Crippen LogP contribution in [0.1, 0.15) is 41.5 Å². The molecule has 2 aromatic rings. The minimum atomic E-state index is -3.82. The number of benzene rings is 1. The van der Waals surface area contributed by atoms with E-state index in [1.54, 1.807) is 41.5 Å². The van der Waals surface area contributed by atoms with E-state index in [4.69, 9.17) is 9.47 Å². The average Bonchev–Trinajstić information content (AvgIpc) is 3.22. The average molecular weight is 555 g/mol. The van der Waals surface area contributed by atoms with Gasteiger partial charge in [0.1, 0.15) is 22.7 Å². The Morgan fingerprint density at radius 1 is 0.946 bits per heavy atom. The van der Waals surface area contributed by atoms with Crippen molar-refractivity contribution in [2.75, 3.05) is 16.6 Å². The van der Waals surface area contributed by atoms with Gasteiger partial charge in [0.25, 0.3) is 10.0 Å². The molecule has 0 aliphatic rings. The van der Waals surface area contributed by atoms with E-state index >= 15 is 0 Å². The molecule has 202 valence electrons. The number of ether oxygens (including phenoxy) is 2. The smallest absolute Gasteiger partial charge is 0.414 e. The molecule has 1 aromatic heterocycles. The minimum Gasteiger partial charge on any atom is -0.444 e. The van der Waals surface area contributed by atoms with E-state index in [0.29, 0.717) is 10.7 Å². The zero-order chi connectivity index (χ0) is 27.9. The van der Waals surface area contributed by atoms with Gasteiger partial charge in [-0.3, -0.25) is 25.1 Å². The molecular formula is C22H30N6O7S2. The molecule has 0 radical (unpaired) electrons. The van der Waals surface area contributed by atoms with Crippen LogP contribution in [0, 0.1) is 0 Å². The standard InChI is InChI=1S/C22H30N6O7S2/c1-21(2,3)34-19(30)26-18(27-20(31)35-22(4,5)6)24-11-16(29)25-14-7-9-15(10-8-14)37(32,33)28-17-12-23-13-36-17/h7-10,12-13,28H,11H2,1-6H3,(H,25,29)(H2,24,26,27,30,31). The van der Waals surface area contributed by atoms with Crippen LogP contribution in [0.3, 0.4) is 0 Å². The van der Waals surface area contributed by atoms with Crippen molar-refractivity contribution < 1.29 is 32.3 Å². The van der Waals surface area contributed by atoms with Crippen molar-refractivity contribution in [3.63, 3.8) is 0 Å². The minimum absolute atomic E-state index is 0.0117. The fraction of sp³-hybridized carbons (Fsp3) is 0.409. The molecule has 2 rings (SSSR count). The van der Waals surface area contributed by atoms with Crippen molar-refractivity contribution in [1.82, 2.24) is 15.6 Å². The van der Waals surface area contributed by atoms with E-state index in [-0.39, 0.29) is 10.9 Å². The number of aliphatic imine (C=N–C) groups is 1. The summed E-state index contributed by atoms with van der Waals surface area (Å²) in [5.74, 6) is -0.956. The highest BCUT2D eigenvalue weighted by atomic mass is 32.2. The van der Waals surface area contributed by atoms with Crippen LogP contribution < -0.4 is 20.7 Å². The van der Waals surface area contributed by atoms with Gasteiger partial charge in [0.05, 0.1) is 16.6 Å². The summed E-state index contributed by atoms with van der Waals surface area (Å²) in [6.07, 6.45) is -0.404. The van der Waals surface area contributed by atoms with Crippen LogP contribution in [0.2, 0.25) is 0 Å². The SMILES string of the molecule is CC(C)(C)OC(=O)NC(=NCC(=O)Nc1ccc(S(=O)(=O)Nc2cncs2)cc1)NC(=O)OC(C)(C)C. The van der Waals surface area contributed by atoms with Crippen LogP contribution in [0.15, 0.2) is 45.9 Å². The van der Waals surface area contributed by atoms with Crippen molar-refractivity contribution in [1.29, 1.82) is 0 Å². The predicted molar refractivity (Wildman–Crippen MR) is 139 cm³/mol. The highest BCUT2D eigenvalue weighted by Gasteiger charge is 2.21. The maximum absolute atomic E-state index is 12.4. The van der Waals surface area contributed by atoms with Crippen LogP contribution in [0.25, 0.3) is 0 Å².